The Morgan fingerprint density at radius 2 is 0.946 bits per heavy atom. The van der Waals surface area contributed by atoms with Gasteiger partial charge in [-0.1, -0.05) is 180 Å². The van der Waals surface area contributed by atoms with Crippen molar-refractivity contribution in [2.75, 3.05) is 47.5 Å². The molecule has 0 heterocycles. The molecule has 0 aliphatic heterocycles. The first-order chi connectivity index (χ1) is 27.1. The van der Waals surface area contributed by atoms with Crippen molar-refractivity contribution in [2.24, 2.45) is 0 Å². The SMILES string of the molecule is CCC/C=C\CCCCCCCC(=O)OC(COC(=O)CCCCCCCCCCCCCCCCCCCCCCC)COC(OCC[N+](C)(C)C)C(=O)O. The van der Waals surface area contributed by atoms with Crippen LogP contribution in [0.15, 0.2) is 12.2 Å². The molecule has 0 rings (SSSR count). The number of hydrogen-bond donors (Lipinski definition) is 1. The van der Waals surface area contributed by atoms with E-state index in [4.69, 9.17) is 18.9 Å². The summed E-state index contributed by atoms with van der Waals surface area (Å²) in [6, 6.07) is 0. The standard InChI is InChI=1S/C47H89NO8/c1-6-8-10-12-14-16-18-19-20-21-22-23-24-25-26-27-28-30-31-33-35-37-44(49)54-41-43(42-55-47(46(51)52)53-40-39-48(3,4)5)56-45(50)38-36-34-32-29-17-15-13-11-9-7-2/h11,13,43,47H,6-10,12,14-42H2,1-5H3/p+1/b13-11-. The zero-order valence-electron chi connectivity index (χ0n) is 37.3. The van der Waals surface area contributed by atoms with E-state index in [1.54, 1.807) is 0 Å². The van der Waals surface area contributed by atoms with Crippen LogP contribution in [0.5, 0.6) is 0 Å². The van der Waals surface area contributed by atoms with Gasteiger partial charge in [0.05, 0.1) is 34.4 Å². The van der Waals surface area contributed by atoms with Gasteiger partial charge in [-0.3, -0.25) is 9.59 Å². The van der Waals surface area contributed by atoms with Gasteiger partial charge in [-0.15, -0.1) is 0 Å². The Bertz CT molecular complexity index is 934. The van der Waals surface area contributed by atoms with Crippen LogP contribution in [0.2, 0.25) is 0 Å². The Balaban J connectivity index is 4.25. The van der Waals surface area contributed by atoms with Crippen molar-refractivity contribution < 1.29 is 42.9 Å². The second-order valence-electron chi connectivity index (χ2n) is 17.1. The van der Waals surface area contributed by atoms with E-state index >= 15 is 0 Å². The first-order valence-electron chi connectivity index (χ1n) is 23.4. The third kappa shape index (κ3) is 40.2. The molecule has 56 heavy (non-hydrogen) atoms. The molecule has 0 aromatic rings. The molecule has 0 saturated heterocycles. The summed E-state index contributed by atoms with van der Waals surface area (Å²) in [5.74, 6) is -2.01. The Morgan fingerprint density at radius 1 is 0.518 bits per heavy atom. The number of esters is 2. The van der Waals surface area contributed by atoms with E-state index in [0.29, 0.717) is 23.9 Å². The molecule has 9 heteroatoms. The molecule has 9 nitrogen and oxygen atoms in total. The van der Waals surface area contributed by atoms with Gasteiger partial charge in [-0.25, -0.2) is 4.79 Å². The maximum absolute atomic E-state index is 12.7. The predicted molar refractivity (Wildman–Crippen MR) is 231 cm³/mol. The van der Waals surface area contributed by atoms with Gasteiger partial charge >= 0.3 is 17.9 Å². The van der Waals surface area contributed by atoms with Crippen molar-refractivity contribution >= 4 is 17.9 Å². The lowest BCUT2D eigenvalue weighted by Gasteiger charge is -2.25. The van der Waals surface area contributed by atoms with Crippen LogP contribution >= 0.6 is 0 Å². The lowest BCUT2D eigenvalue weighted by Crippen LogP contribution is -2.40. The fourth-order valence-electron chi connectivity index (χ4n) is 6.60. The summed E-state index contributed by atoms with van der Waals surface area (Å²) in [7, 11) is 5.95. The van der Waals surface area contributed by atoms with Crippen molar-refractivity contribution in [1.29, 1.82) is 0 Å². The average Bonchev–Trinajstić information content (AvgIpc) is 3.15. The van der Waals surface area contributed by atoms with Crippen LogP contribution in [0.25, 0.3) is 0 Å². The highest BCUT2D eigenvalue weighted by atomic mass is 16.7. The molecular weight excluding hydrogens is 707 g/mol. The minimum absolute atomic E-state index is 0.180. The number of rotatable bonds is 43. The van der Waals surface area contributed by atoms with Gasteiger partial charge in [0.25, 0.3) is 6.29 Å². The fraction of sp³-hybridized carbons (Fsp3) is 0.894. The number of likely N-dealkylation sites (N-methyl/N-ethyl adjacent to an activating group) is 1. The largest absolute Gasteiger partial charge is 0.477 e. The molecule has 0 aliphatic carbocycles. The van der Waals surface area contributed by atoms with Crippen molar-refractivity contribution in [3.8, 4) is 0 Å². The Labute approximate surface area is 345 Å². The molecule has 0 aromatic carbocycles. The lowest BCUT2D eigenvalue weighted by atomic mass is 10.0. The van der Waals surface area contributed by atoms with Gasteiger partial charge in [0.2, 0.25) is 0 Å². The maximum Gasteiger partial charge on any atom is 0.361 e. The van der Waals surface area contributed by atoms with Crippen LogP contribution in [0.3, 0.4) is 0 Å². The van der Waals surface area contributed by atoms with Crippen molar-refractivity contribution in [1.82, 2.24) is 0 Å². The van der Waals surface area contributed by atoms with E-state index < -0.39 is 24.3 Å². The smallest absolute Gasteiger partial charge is 0.361 e. The van der Waals surface area contributed by atoms with Gasteiger partial charge in [-0.2, -0.15) is 0 Å². The number of carboxylic acids is 1. The zero-order valence-corrected chi connectivity index (χ0v) is 37.3. The van der Waals surface area contributed by atoms with Crippen LogP contribution in [0.4, 0.5) is 0 Å². The first kappa shape index (κ1) is 54.0. The van der Waals surface area contributed by atoms with Gasteiger partial charge in [0, 0.05) is 12.8 Å². The number of ether oxygens (including phenoxy) is 4. The number of carboxylic acid groups (broad SMARTS) is 1. The summed E-state index contributed by atoms with van der Waals surface area (Å²) in [6.07, 6.45) is 38.6. The van der Waals surface area contributed by atoms with E-state index in [0.717, 1.165) is 57.8 Å². The Hall–Kier alpha value is -1.97. The van der Waals surface area contributed by atoms with E-state index in [2.05, 4.69) is 26.0 Å². The van der Waals surface area contributed by atoms with Gasteiger partial charge in [0.15, 0.2) is 6.10 Å². The first-order valence-corrected chi connectivity index (χ1v) is 23.4. The molecule has 0 amide bonds. The van der Waals surface area contributed by atoms with Gasteiger partial charge in [0.1, 0.15) is 13.2 Å². The van der Waals surface area contributed by atoms with Crippen molar-refractivity contribution in [3.05, 3.63) is 12.2 Å². The summed E-state index contributed by atoms with van der Waals surface area (Å²) in [5, 5.41) is 9.62. The highest BCUT2D eigenvalue weighted by molar-refractivity contribution is 5.71. The summed E-state index contributed by atoms with van der Waals surface area (Å²) in [5.41, 5.74) is 0. The van der Waals surface area contributed by atoms with E-state index in [1.165, 1.54) is 122 Å². The zero-order chi connectivity index (χ0) is 41.4. The molecule has 330 valence electrons. The van der Waals surface area contributed by atoms with E-state index in [9.17, 15) is 19.5 Å². The number of carbonyl (C=O) groups excluding carboxylic acids is 2. The molecule has 2 unspecified atom stereocenters. The normalized spacial score (nSPS) is 12.9. The maximum atomic E-state index is 12.7. The topological polar surface area (TPSA) is 108 Å². The van der Waals surface area contributed by atoms with Crippen LogP contribution in [0.1, 0.15) is 213 Å². The molecule has 0 spiro atoms. The molecule has 0 aliphatic rings. The fourth-order valence-corrected chi connectivity index (χ4v) is 6.60. The molecule has 2 atom stereocenters. The summed E-state index contributed by atoms with van der Waals surface area (Å²) < 4.78 is 22.7. The van der Waals surface area contributed by atoms with Crippen LogP contribution < -0.4 is 0 Å². The summed E-state index contributed by atoms with van der Waals surface area (Å²) in [4.78, 5) is 37.0. The highest BCUT2D eigenvalue weighted by Gasteiger charge is 2.25. The molecule has 0 fully saturated rings. The molecule has 1 N–H and O–H groups in total. The molecule has 0 saturated carbocycles. The molecule has 0 aromatic heterocycles. The molecule has 0 bridgehead atoms. The third-order valence-electron chi connectivity index (χ3n) is 10.3. The number of unbranched alkanes of at least 4 members (excludes halogenated alkanes) is 26. The van der Waals surface area contributed by atoms with Crippen LogP contribution in [-0.2, 0) is 33.3 Å². The van der Waals surface area contributed by atoms with Crippen LogP contribution in [0, 0.1) is 0 Å². The Morgan fingerprint density at radius 3 is 1.39 bits per heavy atom. The minimum atomic E-state index is -1.51. The molecular formula is C47H90NO8+. The van der Waals surface area contributed by atoms with E-state index in [1.807, 2.05) is 21.1 Å². The second kappa shape index (κ2) is 39.8. The van der Waals surface area contributed by atoms with Crippen molar-refractivity contribution in [2.45, 2.75) is 225 Å². The van der Waals surface area contributed by atoms with Crippen LogP contribution in [-0.4, -0.2) is 87.4 Å². The number of aliphatic carboxylic acids is 1. The monoisotopic (exact) mass is 797 g/mol. The molecule has 0 radical (unpaired) electrons. The predicted octanol–water partition coefficient (Wildman–Crippen LogP) is 12.3. The quantitative estimate of drug-likeness (QED) is 0.0214. The van der Waals surface area contributed by atoms with E-state index in [-0.39, 0.29) is 32.2 Å². The summed E-state index contributed by atoms with van der Waals surface area (Å²) in [6.45, 7) is 4.82. The van der Waals surface area contributed by atoms with Gasteiger partial charge < -0.3 is 28.5 Å². The second-order valence-corrected chi connectivity index (χ2v) is 17.1. The third-order valence-corrected chi connectivity index (χ3v) is 10.3. The number of quaternary nitrogens is 1. The number of allylic oxidation sites excluding steroid dienone is 2. The summed E-state index contributed by atoms with van der Waals surface area (Å²) >= 11 is 0. The van der Waals surface area contributed by atoms with Crippen molar-refractivity contribution in [3.63, 3.8) is 0 Å². The minimum Gasteiger partial charge on any atom is -0.477 e. The number of nitrogens with zero attached hydrogens (tertiary/aromatic N) is 1. The lowest BCUT2D eigenvalue weighted by molar-refractivity contribution is -0.870. The number of hydrogen-bond acceptors (Lipinski definition) is 7. The Kier molecular flexibility index (Phi) is 38.4. The number of carbonyl (C=O) groups is 3. The average molecular weight is 797 g/mol. The highest BCUT2D eigenvalue weighted by Crippen LogP contribution is 2.16. The van der Waals surface area contributed by atoms with Gasteiger partial charge in [-0.05, 0) is 32.1 Å².